The molecule has 0 aromatic heterocycles. The van der Waals surface area contributed by atoms with Crippen molar-refractivity contribution < 1.29 is 24.5 Å². The number of ketones is 1. The third-order valence-corrected chi connectivity index (χ3v) is 3.51. The molecule has 2 N–H and O–H groups in total. The number of rotatable bonds is 0. The molecule has 1 aromatic rings. The number of allylic oxidation sites excluding steroid dienone is 2. The lowest BCUT2D eigenvalue weighted by molar-refractivity contribution is -0.114. The van der Waals surface area contributed by atoms with Crippen molar-refractivity contribution in [1.29, 1.82) is 0 Å². The summed E-state index contributed by atoms with van der Waals surface area (Å²) >= 11 is 0. The Hall–Kier alpha value is -2.56. The number of fused-ring (bicyclic) bond motifs is 1. The van der Waals surface area contributed by atoms with Crippen LogP contribution < -0.4 is 0 Å². The first-order chi connectivity index (χ1) is 11.0. The van der Waals surface area contributed by atoms with Crippen LogP contribution in [0.25, 0.3) is 6.08 Å². The number of phenolic OH excluding ortho intramolecular Hbond substituents is 2. The van der Waals surface area contributed by atoms with Gasteiger partial charge >= 0.3 is 5.97 Å². The zero-order chi connectivity index (χ0) is 16.8. The van der Waals surface area contributed by atoms with Gasteiger partial charge in [0, 0.05) is 18.9 Å². The highest BCUT2D eigenvalue weighted by molar-refractivity contribution is 5.97. The van der Waals surface area contributed by atoms with Gasteiger partial charge in [-0.15, -0.1) is 0 Å². The molecule has 1 aliphatic heterocycles. The van der Waals surface area contributed by atoms with Crippen LogP contribution in [0.15, 0.2) is 30.4 Å². The summed E-state index contributed by atoms with van der Waals surface area (Å²) in [6, 6.07) is 2.51. The monoisotopic (exact) mass is 316 g/mol. The van der Waals surface area contributed by atoms with Gasteiger partial charge in [-0.05, 0) is 37.5 Å². The molecule has 1 atom stereocenters. The lowest BCUT2D eigenvalue weighted by Crippen LogP contribution is -2.15. The van der Waals surface area contributed by atoms with E-state index in [4.69, 9.17) is 4.74 Å². The third-order valence-electron chi connectivity index (χ3n) is 3.51. The molecule has 0 fully saturated rings. The Labute approximate surface area is 134 Å². The summed E-state index contributed by atoms with van der Waals surface area (Å²) in [6.07, 6.45) is 8.45. The van der Waals surface area contributed by atoms with Crippen LogP contribution in [-0.2, 0) is 9.53 Å². The summed E-state index contributed by atoms with van der Waals surface area (Å²) in [4.78, 5) is 23.9. The normalized spacial score (nSPS) is 19.8. The number of esters is 1. The Bertz CT molecular complexity index is 658. The summed E-state index contributed by atoms with van der Waals surface area (Å²) in [7, 11) is 0. The van der Waals surface area contributed by atoms with Crippen LogP contribution in [0.2, 0.25) is 0 Å². The number of hydrogen-bond acceptors (Lipinski definition) is 5. The minimum atomic E-state index is -0.661. The number of carbonyl (C=O) groups is 2. The first-order valence-electron chi connectivity index (χ1n) is 7.60. The lowest BCUT2D eigenvalue weighted by Gasteiger charge is -2.14. The molecule has 0 saturated heterocycles. The minimum Gasteiger partial charge on any atom is -0.508 e. The predicted molar refractivity (Wildman–Crippen MR) is 86.3 cm³/mol. The Morgan fingerprint density at radius 2 is 1.91 bits per heavy atom. The molecule has 1 heterocycles. The third kappa shape index (κ3) is 4.71. The van der Waals surface area contributed by atoms with Crippen molar-refractivity contribution in [2.45, 2.75) is 38.7 Å². The molecule has 1 aromatic carbocycles. The molecule has 122 valence electrons. The van der Waals surface area contributed by atoms with E-state index in [1.165, 1.54) is 12.1 Å². The summed E-state index contributed by atoms with van der Waals surface area (Å²) in [6.45, 7) is 1.71. The summed E-state index contributed by atoms with van der Waals surface area (Å²) < 4.78 is 5.30. The second-order valence-electron chi connectivity index (χ2n) is 5.54. The molecule has 0 saturated carbocycles. The van der Waals surface area contributed by atoms with Crippen molar-refractivity contribution in [1.82, 2.24) is 0 Å². The van der Waals surface area contributed by atoms with Crippen molar-refractivity contribution in [2.75, 3.05) is 0 Å². The standard InChI is InChI=1S/C18H20O5/c1-12-6-5-9-14(19)8-4-2-3-7-13-10-15(20)11-16(21)17(13)18(22)23-12/h3,5,7,9-12,20-21H,2,4,6,8H2,1H3. The van der Waals surface area contributed by atoms with Crippen LogP contribution in [0.5, 0.6) is 11.5 Å². The molecule has 2 rings (SSSR count). The average Bonchev–Trinajstić information content (AvgIpc) is 2.45. The van der Waals surface area contributed by atoms with E-state index in [0.717, 1.165) is 6.07 Å². The molecule has 0 amide bonds. The lowest BCUT2D eigenvalue weighted by atomic mass is 10.0. The van der Waals surface area contributed by atoms with E-state index >= 15 is 0 Å². The number of aromatic hydroxyl groups is 2. The van der Waals surface area contributed by atoms with Gasteiger partial charge in [-0.25, -0.2) is 4.79 Å². The number of cyclic esters (lactones) is 1. The van der Waals surface area contributed by atoms with Gasteiger partial charge in [-0.2, -0.15) is 0 Å². The molecule has 5 heteroatoms. The van der Waals surface area contributed by atoms with E-state index in [1.807, 2.05) is 0 Å². The maximum atomic E-state index is 12.3. The van der Waals surface area contributed by atoms with Crippen molar-refractivity contribution in [3.8, 4) is 11.5 Å². The van der Waals surface area contributed by atoms with Gasteiger partial charge in [0.2, 0.25) is 0 Å². The Morgan fingerprint density at radius 1 is 1.13 bits per heavy atom. The number of ether oxygens (including phenoxy) is 1. The summed E-state index contributed by atoms with van der Waals surface area (Å²) in [5.74, 6) is -1.07. The Kier molecular flexibility index (Phi) is 5.57. The highest BCUT2D eigenvalue weighted by Gasteiger charge is 2.20. The van der Waals surface area contributed by atoms with Gasteiger partial charge in [0.25, 0.3) is 0 Å². The molecule has 1 aliphatic rings. The van der Waals surface area contributed by atoms with Gasteiger partial charge in [0.1, 0.15) is 23.2 Å². The van der Waals surface area contributed by atoms with Gasteiger partial charge in [-0.1, -0.05) is 18.2 Å². The van der Waals surface area contributed by atoms with Crippen LogP contribution in [0, 0.1) is 0 Å². The zero-order valence-corrected chi connectivity index (χ0v) is 13.0. The second-order valence-corrected chi connectivity index (χ2v) is 5.54. The van der Waals surface area contributed by atoms with Gasteiger partial charge in [0.15, 0.2) is 5.78 Å². The van der Waals surface area contributed by atoms with Crippen molar-refractivity contribution in [2.24, 2.45) is 0 Å². The van der Waals surface area contributed by atoms with Gasteiger partial charge < -0.3 is 14.9 Å². The predicted octanol–water partition coefficient (Wildman–Crippen LogP) is 3.36. The fourth-order valence-electron chi connectivity index (χ4n) is 2.36. The Balaban J connectivity index is 2.36. The smallest absolute Gasteiger partial charge is 0.342 e. The zero-order valence-electron chi connectivity index (χ0n) is 13.0. The number of benzene rings is 1. The Morgan fingerprint density at radius 3 is 2.70 bits per heavy atom. The molecule has 0 aliphatic carbocycles. The van der Waals surface area contributed by atoms with Crippen LogP contribution >= 0.6 is 0 Å². The summed E-state index contributed by atoms with van der Waals surface area (Å²) in [5.41, 5.74) is 0.418. The largest absolute Gasteiger partial charge is 0.508 e. The molecular weight excluding hydrogens is 296 g/mol. The molecular formula is C18H20O5. The van der Waals surface area contributed by atoms with Gasteiger partial charge in [-0.3, -0.25) is 4.79 Å². The first kappa shape index (κ1) is 16.8. The van der Waals surface area contributed by atoms with E-state index in [-0.39, 0.29) is 22.8 Å². The molecule has 5 nitrogen and oxygen atoms in total. The number of hydrogen-bond donors (Lipinski definition) is 2. The highest BCUT2D eigenvalue weighted by atomic mass is 16.5. The van der Waals surface area contributed by atoms with E-state index in [1.54, 1.807) is 25.2 Å². The highest BCUT2D eigenvalue weighted by Crippen LogP contribution is 2.29. The quantitative estimate of drug-likeness (QED) is 0.717. The van der Waals surface area contributed by atoms with Crippen molar-refractivity contribution in [3.63, 3.8) is 0 Å². The van der Waals surface area contributed by atoms with E-state index < -0.39 is 12.1 Å². The molecule has 1 unspecified atom stereocenters. The van der Waals surface area contributed by atoms with E-state index in [2.05, 4.69) is 0 Å². The summed E-state index contributed by atoms with van der Waals surface area (Å²) in [5, 5.41) is 19.6. The van der Waals surface area contributed by atoms with Crippen LogP contribution in [0.3, 0.4) is 0 Å². The number of carbonyl (C=O) groups excluding carboxylic acids is 2. The van der Waals surface area contributed by atoms with Crippen LogP contribution in [-0.4, -0.2) is 28.1 Å². The minimum absolute atomic E-state index is 0.0306. The maximum absolute atomic E-state index is 12.3. The molecule has 0 radical (unpaired) electrons. The number of phenols is 2. The molecule has 23 heavy (non-hydrogen) atoms. The van der Waals surface area contributed by atoms with Crippen LogP contribution in [0.1, 0.15) is 48.5 Å². The van der Waals surface area contributed by atoms with Crippen molar-refractivity contribution in [3.05, 3.63) is 41.5 Å². The molecule has 0 spiro atoms. The SMILES string of the molecule is CC1CC=CC(=O)CCCC=Cc2cc(O)cc(O)c2C(=O)O1. The van der Waals surface area contributed by atoms with E-state index in [9.17, 15) is 19.8 Å². The fourth-order valence-corrected chi connectivity index (χ4v) is 2.36. The molecule has 0 bridgehead atoms. The van der Waals surface area contributed by atoms with Crippen LogP contribution in [0.4, 0.5) is 0 Å². The van der Waals surface area contributed by atoms with Gasteiger partial charge in [0.05, 0.1) is 0 Å². The van der Waals surface area contributed by atoms with Crippen molar-refractivity contribution >= 4 is 17.8 Å². The maximum Gasteiger partial charge on any atom is 0.342 e. The average molecular weight is 316 g/mol. The first-order valence-corrected chi connectivity index (χ1v) is 7.60. The fraction of sp³-hybridized carbons (Fsp3) is 0.333. The second kappa shape index (κ2) is 7.63. The topological polar surface area (TPSA) is 83.8 Å². The van der Waals surface area contributed by atoms with E-state index in [0.29, 0.717) is 31.2 Å².